The zero-order valence-corrected chi connectivity index (χ0v) is 25.6. The number of amides is 1. The number of carbonyl (C=O) groups excluding carboxylic acids is 1. The van der Waals surface area contributed by atoms with E-state index in [0.29, 0.717) is 28.3 Å². The van der Waals surface area contributed by atoms with Crippen LogP contribution in [-0.4, -0.2) is 56.5 Å². The van der Waals surface area contributed by atoms with Crippen molar-refractivity contribution in [3.63, 3.8) is 0 Å². The molecule has 40 heavy (non-hydrogen) atoms. The van der Waals surface area contributed by atoms with E-state index in [4.69, 9.17) is 24.7 Å². The molecule has 226 valence electrons. The Morgan fingerprint density at radius 2 is 1.77 bits per heavy atom. The number of hydrogen-bond donors (Lipinski definition) is 2. The molecule has 2 heterocycles. The van der Waals surface area contributed by atoms with Crippen molar-refractivity contribution in [3.8, 4) is 0 Å². The van der Waals surface area contributed by atoms with Gasteiger partial charge in [0.2, 0.25) is 0 Å². The highest BCUT2D eigenvalue weighted by atomic mass is 16.7. The van der Waals surface area contributed by atoms with Crippen LogP contribution in [0.15, 0.2) is 0 Å². The van der Waals surface area contributed by atoms with Crippen molar-refractivity contribution in [2.75, 3.05) is 19.7 Å². The van der Waals surface area contributed by atoms with Gasteiger partial charge in [0.05, 0.1) is 24.9 Å². The van der Waals surface area contributed by atoms with Gasteiger partial charge in [0.1, 0.15) is 6.10 Å². The Bertz CT molecular complexity index is 997. The van der Waals surface area contributed by atoms with Crippen LogP contribution in [0.1, 0.15) is 98.8 Å². The second-order valence-corrected chi connectivity index (χ2v) is 16.1. The summed E-state index contributed by atoms with van der Waals surface area (Å²) in [5.41, 5.74) is 7.06. The van der Waals surface area contributed by atoms with Crippen molar-refractivity contribution in [1.82, 2.24) is 5.32 Å². The van der Waals surface area contributed by atoms with E-state index in [1.54, 1.807) is 0 Å². The van der Waals surface area contributed by atoms with E-state index in [9.17, 15) is 4.79 Å². The van der Waals surface area contributed by atoms with Gasteiger partial charge in [-0.2, -0.15) is 0 Å². The molecule has 0 aromatic heterocycles. The Morgan fingerprint density at radius 1 is 0.975 bits per heavy atom. The summed E-state index contributed by atoms with van der Waals surface area (Å²) >= 11 is 0. The van der Waals surface area contributed by atoms with E-state index < -0.39 is 6.09 Å². The molecule has 1 amide bonds. The summed E-state index contributed by atoms with van der Waals surface area (Å²) in [6.07, 6.45) is 12.3. The quantitative estimate of drug-likeness (QED) is 0.454. The third-order valence-corrected chi connectivity index (χ3v) is 14.0. The van der Waals surface area contributed by atoms with Gasteiger partial charge in [-0.3, -0.25) is 0 Å². The highest BCUT2D eigenvalue weighted by molar-refractivity contribution is 5.64. The van der Waals surface area contributed by atoms with Crippen LogP contribution in [0.4, 0.5) is 4.79 Å². The molecule has 7 nitrogen and oxygen atoms in total. The van der Waals surface area contributed by atoms with Crippen molar-refractivity contribution in [2.45, 2.75) is 130 Å². The van der Waals surface area contributed by atoms with E-state index in [0.717, 1.165) is 43.9 Å². The molecule has 0 aromatic rings. The maximum Gasteiger partial charge on any atom is 0.404 e. The predicted molar refractivity (Wildman–Crippen MR) is 152 cm³/mol. The van der Waals surface area contributed by atoms with Crippen LogP contribution >= 0.6 is 0 Å². The summed E-state index contributed by atoms with van der Waals surface area (Å²) < 4.78 is 25.1. The van der Waals surface area contributed by atoms with Gasteiger partial charge in [-0.05, 0) is 115 Å². The fourth-order valence-electron chi connectivity index (χ4n) is 12.3. The second-order valence-electron chi connectivity index (χ2n) is 16.1. The van der Waals surface area contributed by atoms with Gasteiger partial charge in [-0.1, -0.05) is 34.6 Å². The molecule has 2 aliphatic heterocycles. The van der Waals surface area contributed by atoms with Crippen LogP contribution in [0.5, 0.6) is 0 Å². The number of nitrogens with one attached hydrogen (secondary N) is 1. The summed E-state index contributed by atoms with van der Waals surface area (Å²) in [7, 11) is 0. The van der Waals surface area contributed by atoms with Gasteiger partial charge >= 0.3 is 6.09 Å². The third kappa shape index (κ3) is 3.92. The molecule has 0 aromatic carbocycles. The van der Waals surface area contributed by atoms with E-state index in [1.807, 2.05) is 0 Å². The summed E-state index contributed by atoms with van der Waals surface area (Å²) in [5, 5.41) is 3.44. The van der Waals surface area contributed by atoms with E-state index in [1.165, 1.54) is 57.8 Å². The monoisotopic (exact) mass is 558 g/mol. The number of primary amides is 1. The summed E-state index contributed by atoms with van der Waals surface area (Å²) in [6.45, 7) is 14.3. The number of nitrogens with two attached hydrogens (primary N) is 1. The molecule has 2 saturated heterocycles. The number of hydrogen-bond acceptors (Lipinski definition) is 6. The Labute approximate surface area is 241 Å². The van der Waals surface area contributed by atoms with Crippen molar-refractivity contribution >= 4 is 6.09 Å². The lowest BCUT2D eigenvalue weighted by Gasteiger charge is -2.60. The van der Waals surface area contributed by atoms with Gasteiger partial charge < -0.3 is 30.0 Å². The van der Waals surface area contributed by atoms with Crippen LogP contribution in [-0.2, 0) is 18.9 Å². The molecule has 0 bridgehead atoms. The van der Waals surface area contributed by atoms with Gasteiger partial charge in [0.25, 0.3) is 0 Å². The van der Waals surface area contributed by atoms with Crippen LogP contribution in [0.2, 0.25) is 0 Å². The molecular formula is C33H54N2O5. The number of ether oxygens (including phenoxy) is 4. The normalized spacial score (nSPS) is 51.5. The van der Waals surface area contributed by atoms with Crippen LogP contribution in [0, 0.1) is 51.2 Å². The number of morpholine rings is 1. The number of carbonyl (C=O) groups is 1. The lowest BCUT2D eigenvalue weighted by molar-refractivity contribution is -0.232. The minimum Gasteiger partial charge on any atom is -0.443 e. The maximum atomic E-state index is 11.6. The fourth-order valence-corrected chi connectivity index (χ4v) is 12.3. The Hall–Kier alpha value is -0.890. The predicted octanol–water partition coefficient (Wildman–Crippen LogP) is 5.64. The van der Waals surface area contributed by atoms with Crippen molar-refractivity contribution in [1.29, 1.82) is 0 Å². The average Bonchev–Trinajstić information content (AvgIpc) is 3.49. The molecular weight excluding hydrogens is 504 g/mol. The van der Waals surface area contributed by atoms with Crippen LogP contribution < -0.4 is 11.1 Å². The Balaban J connectivity index is 1.08. The lowest BCUT2D eigenvalue weighted by atomic mass is 9.46. The Morgan fingerprint density at radius 3 is 2.50 bits per heavy atom. The highest BCUT2D eigenvalue weighted by Crippen LogP contribution is 2.87. The number of rotatable bonds is 5. The topological polar surface area (TPSA) is 92.0 Å². The summed E-state index contributed by atoms with van der Waals surface area (Å²) in [5.74, 6) is 3.16. The molecule has 12 atom stereocenters. The first-order valence-electron chi connectivity index (χ1n) is 16.6. The molecule has 7 heteroatoms. The molecule has 7 rings (SSSR count). The smallest absolute Gasteiger partial charge is 0.404 e. The van der Waals surface area contributed by atoms with E-state index in [2.05, 4.69) is 39.9 Å². The minimum atomic E-state index is -0.680. The third-order valence-electron chi connectivity index (χ3n) is 14.0. The standard InChI is InChI=1S/C33H54N2O5/c1-19(2)28(40-29(34)36)23-8-6-21-24(38-23)16-22-20-7-9-25-30(3,4)26(39-27-17-35-14-15-37-27)10-11-33(25)18-32(20,33)13-12-31(21,22)5/h19-28,35H,6-18H2,1-5H3,(H2,34,36)/t20-,21-,22?,23+,24+,25-,26-,27?,28+,31+,32-,33+/m0/s1. The number of fused-ring (bicyclic) bond motifs is 4. The SMILES string of the molecule is CC(C)[C@@H](OC(N)=O)[C@H]1CC[C@H]2[C@@H](CC3[C@@H]4CC[C@H]5C(C)(C)[C@@H](OC6CNCCO6)CC[C@@]56C[C@@]46CC[C@@]32C)O1. The zero-order valence-electron chi connectivity index (χ0n) is 25.6. The van der Waals surface area contributed by atoms with E-state index >= 15 is 0 Å². The molecule has 5 aliphatic carbocycles. The van der Waals surface area contributed by atoms with Crippen LogP contribution in [0.25, 0.3) is 0 Å². The van der Waals surface area contributed by atoms with Crippen LogP contribution in [0.3, 0.4) is 0 Å². The van der Waals surface area contributed by atoms with Gasteiger partial charge in [-0.25, -0.2) is 4.79 Å². The summed E-state index contributed by atoms with van der Waals surface area (Å²) in [4.78, 5) is 11.6. The van der Waals surface area contributed by atoms with Gasteiger partial charge in [-0.15, -0.1) is 0 Å². The zero-order chi connectivity index (χ0) is 28.1. The largest absolute Gasteiger partial charge is 0.443 e. The first kappa shape index (κ1) is 27.9. The minimum absolute atomic E-state index is 0.0334. The van der Waals surface area contributed by atoms with Crippen molar-refractivity contribution < 1.29 is 23.7 Å². The Kier molecular flexibility index (Phi) is 6.67. The maximum absolute atomic E-state index is 11.6. The molecule has 3 N–H and O–H groups in total. The molecule has 0 radical (unpaired) electrons. The molecule has 7 fully saturated rings. The first-order valence-corrected chi connectivity index (χ1v) is 16.6. The average molecular weight is 559 g/mol. The fraction of sp³-hybridized carbons (Fsp3) is 0.970. The molecule has 5 saturated carbocycles. The lowest BCUT2D eigenvalue weighted by Crippen LogP contribution is -2.56. The van der Waals surface area contributed by atoms with Crippen molar-refractivity contribution in [3.05, 3.63) is 0 Å². The van der Waals surface area contributed by atoms with Gasteiger partial charge in [0.15, 0.2) is 6.29 Å². The van der Waals surface area contributed by atoms with E-state index in [-0.39, 0.29) is 35.9 Å². The molecule has 2 spiro atoms. The highest BCUT2D eigenvalue weighted by Gasteiger charge is 2.80. The van der Waals surface area contributed by atoms with Crippen molar-refractivity contribution in [2.24, 2.45) is 57.0 Å². The van der Waals surface area contributed by atoms with Gasteiger partial charge in [0, 0.05) is 13.1 Å². The first-order chi connectivity index (χ1) is 19.0. The molecule has 2 unspecified atom stereocenters. The molecule has 7 aliphatic rings. The second kappa shape index (κ2) is 9.56. The summed E-state index contributed by atoms with van der Waals surface area (Å²) in [6, 6.07) is 0.